The molecular formula is C13H27NO. The summed E-state index contributed by atoms with van der Waals surface area (Å²) in [5.41, 5.74) is 0. The zero-order valence-electron chi connectivity index (χ0n) is 10.5. The number of hydrogen-bond acceptors (Lipinski definition) is 2. The molecule has 1 fully saturated rings. The van der Waals surface area contributed by atoms with Crippen molar-refractivity contribution in [3.05, 3.63) is 0 Å². The van der Waals surface area contributed by atoms with E-state index in [-0.39, 0.29) is 0 Å². The predicted octanol–water partition coefficient (Wildman–Crippen LogP) is 3.42. The molecule has 1 atom stereocenters. The molecule has 1 aliphatic rings. The van der Waals surface area contributed by atoms with Gasteiger partial charge in [0.25, 0.3) is 0 Å². The van der Waals surface area contributed by atoms with Crippen LogP contribution >= 0.6 is 0 Å². The Bertz CT molecular complexity index is 149. The summed E-state index contributed by atoms with van der Waals surface area (Å²) in [6.45, 7) is 7.85. The summed E-state index contributed by atoms with van der Waals surface area (Å²) < 4.78 is 5.77. The lowest BCUT2D eigenvalue weighted by Crippen LogP contribution is -2.31. The van der Waals surface area contributed by atoms with E-state index in [9.17, 15) is 0 Å². The highest BCUT2D eigenvalue weighted by Crippen LogP contribution is 2.17. The Labute approximate surface area is 95.0 Å². The molecule has 0 spiro atoms. The summed E-state index contributed by atoms with van der Waals surface area (Å²) in [6, 6.07) is 0. The van der Waals surface area contributed by atoms with Crippen LogP contribution in [-0.4, -0.2) is 30.8 Å². The summed E-state index contributed by atoms with van der Waals surface area (Å²) >= 11 is 0. The first-order valence-electron chi connectivity index (χ1n) is 6.74. The van der Waals surface area contributed by atoms with Crippen molar-refractivity contribution in [1.82, 2.24) is 4.90 Å². The summed E-state index contributed by atoms with van der Waals surface area (Å²) in [7, 11) is 0. The molecule has 1 saturated heterocycles. The molecule has 2 heteroatoms. The molecule has 1 heterocycles. The molecule has 1 unspecified atom stereocenters. The van der Waals surface area contributed by atoms with Crippen LogP contribution in [0.15, 0.2) is 0 Å². The summed E-state index contributed by atoms with van der Waals surface area (Å²) in [4.78, 5) is 2.52. The van der Waals surface area contributed by atoms with Crippen molar-refractivity contribution < 1.29 is 4.74 Å². The fourth-order valence-electron chi connectivity index (χ4n) is 2.18. The second-order valence-corrected chi connectivity index (χ2v) is 4.56. The summed E-state index contributed by atoms with van der Waals surface area (Å²) in [6.07, 6.45) is 9.69. The van der Waals surface area contributed by atoms with Crippen molar-refractivity contribution in [2.24, 2.45) is 0 Å². The Kier molecular flexibility index (Phi) is 7.03. The lowest BCUT2D eigenvalue weighted by atomic mass is 10.1. The fraction of sp³-hybridized carbons (Fsp3) is 1.00. The van der Waals surface area contributed by atoms with Crippen LogP contribution in [-0.2, 0) is 4.74 Å². The minimum Gasteiger partial charge on any atom is -0.362 e. The molecule has 1 aliphatic heterocycles. The Morgan fingerprint density at radius 1 is 1.07 bits per heavy atom. The lowest BCUT2D eigenvalue weighted by Gasteiger charge is -2.22. The highest BCUT2D eigenvalue weighted by molar-refractivity contribution is 4.69. The molecule has 15 heavy (non-hydrogen) atoms. The van der Waals surface area contributed by atoms with Crippen molar-refractivity contribution in [2.75, 3.05) is 19.7 Å². The SMILES string of the molecule is CCCCCCC1OCCN1CCCC. The van der Waals surface area contributed by atoms with Gasteiger partial charge in [-0.25, -0.2) is 0 Å². The highest BCUT2D eigenvalue weighted by Gasteiger charge is 2.23. The van der Waals surface area contributed by atoms with Gasteiger partial charge in [-0.3, -0.25) is 4.90 Å². The fourth-order valence-corrected chi connectivity index (χ4v) is 2.18. The van der Waals surface area contributed by atoms with Gasteiger partial charge in [0.2, 0.25) is 0 Å². The molecule has 0 aromatic rings. The molecule has 0 amide bonds. The second-order valence-electron chi connectivity index (χ2n) is 4.56. The van der Waals surface area contributed by atoms with Crippen molar-refractivity contribution in [2.45, 2.75) is 65.0 Å². The topological polar surface area (TPSA) is 12.5 Å². The van der Waals surface area contributed by atoms with Gasteiger partial charge in [0.05, 0.1) is 6.61 Å². The molecular weight excluding hydrogens is 186 g/mol. The largest absolute Gasteiger partial charge is 0.362 e. The van der Waals surface area contributed by atoms with Gasteiger partial charge >= 0.3 is 0 Å². The zero-order chi connectivity index (χ0) is 10.9. The molecule has 0 aliphatic carbocycles. The Balaban J connectivity index is 2.09. The van der Waals surface area contributed by atoms with Gasteiger partial charge in [0, 0.05) is 13.1 Å². The number of unbranched alkanes of at least 4 members (excludes halogenated alkanes) is 4. The van der Waals surface area contributed by atoms with Crippen molar-refractivity contribution >= 4 is 0 Å². The van der Waals surface area contributed by atoms with Crippen LogP contribution in [0.1, 0.15) is 58.8 Å². The average molecular weight is 213 g/mol. The lowest BCUT2D eigenvalue weighted by molar-refractivity contribution is 0.0248. The summed E-state index contributed by atoms with van der Waals surface area (Å²) in [5, 5.41) is 0. The molecule has 0 aromatic carbocycles. The standard InChI is InChI=1S/C13H27NO/c1-3-5-7-8-9-13-14(10-6-4-2)11-12-15-13/h13H,3-12H2,1-2H3. The van der Waals surface area contributed by atoms with Crippen molar-refractivity contribution in [3.63, 3.8) is 0 Å². The predicted molar refractivity (Wildman–Crippen MR) is 65.0 cm³/mol. The van der Waals surface area contributed by atoms with E-state index in [1.165, 1.54) is 51.5 Å². The molecule has 1 rings (SSSR count). The Morgan fingerprint density at radius 3 is 2.60 bits per heavy atom. The molecule has 0 aromatic heterocycles. The Morgan fingerprint density at radius 2 is 1.87 bits per heavy atom. The third-order valence-electron chi connectivity index (χ3n) is 3.20. The van der Waals surface area contributed by atoms with E-state index in [1.54, 1.807) is 0 Å². The van der Waals surface area contributed by atoms with Crippen LogP contribution in [0.3, 0.4) is 0 Å². The van der Waals surface area contributed by atoms with Gasteiger partial charge in [-0.2, -0.15) is 0 Å². The molecule has 2 nitrogen and oxygen atoms in total. The second kappa shape index (κ2) is 8.12. The maximum Gasteiger partial charge on any atom is 0.110 e. The van der Waals surface area contributed by atoms with Gasteiger partial charge < -0.3 is 4.74 Å². The molecule has 0 saturated carbocycles. The number of rotatable bonds is 8. The van der Waals surface area contributed by atoms with Gasteiger partial charge in [-0.05, 0) is 19.3 Å². The minimum atomic E-state index is 0.438. The Hall–Kier alpha value is -0.0800. The molecule has 0 N–H and O–H groups in total. The number of ether oxygens (including phenoxy) is 1. The maximum atomic E-state index is 5.77. The average Bonchev–Trinajstić information content (AvgIpc) is 2.69. The zero-order valence-corrected chi connectivity index (χ0v) is 10.5. The van der Waals surface area contributed by atoms with Crippen molar-refractivity contribution in [3.8, 4) is 0 Å². The van der Waals surface area contributed by atoms with E-state index in [2.05, 4.69) is 18.7 Å². The normalized spacial score (nSPS) is 22.4. The summed E-state index contributed by atoms with van der Waals surface area (Å²) in [5.74, 6) is 0. The highest BCUT2D eigenvalue weighted by atomic mass is 16.5. The third kappa shape index (κ3) is 4.98. The molecule has 90 valence electrons. The molecule has 0 bridgehead atoms. The first-order valence-corrected chi connectivity index (χ1v) is 6.74. The van der Waals surface area contributed by atoms with Gasteiger partial charge in [0.1, 0.15) is 6.23 Å². The van der Waals surface area contributed by atoms with E-state index in [1.807, 2.05) is 0 Å². The van der Waals surface area contributed by atoms with E-state index in [0.717, 1.165) is 13.2 Å². The van der Waals surface area contributed by atoms with Crippen molar-refractivity contribution in [1.29, 1.82) is 0 Å². The number of nitrogens with zero attached hydrogens (tertiary/aromatic N) is 1. The third-order valence-corrected chi connectivity index (χ3v) is 3.20. The van der Waals surface area contributed by atoms with Crippen LogP contribution < -0.4 is 0 Å². The number of hydrogen-bond donors (Lipinski definition) is 0. The van der Waals surface area contributed by atoms with E-state index in [4.69, 9.17) is 4.74 Å². The quantitative estimate of drug-likeness (QED) is 0.573. The van der Waals surface area contributed by atoms with E-state index >= 15 is 0 Å². The minimum absolute atomic E-state index is 0.438. The van der Waals surface area contributed by atoms with E-state index < -0.39 is 0 Å². The van der Waals surface area contributed by atoms with E-state index in [0.29, 0.717) is 6.23 Å². The van der Waals surface area contributed by atoms with Gasteiger partial charge in [-0.15, -0.1) is 0 Å². The maximum absolute atomic E-state index is 5.77. The first-order chi connectivity index (χ1) is 7.38. The first kappa shape index (κ1) is 13.0. The molecule has 0 radical (unpaired) electrons. The van der Waals surface area contributed by atoms with Gasteiger partial charge in [-0.1, -0.05) is 39.5 Å². The van der Waals surface area contributed by atoms with Crippen LogP contribution in [0.2, 0.25) is 0 Å². The van der Waals surface area contributed by atoms with Crippen LogP contribution in [0.5, 0.6) is 0 Å². The monoisotopic (exact) mass is 213 g/mol. The van der Waals surface area contributed by atoms with Crippen LogP contribution in [0, 0.1) is 0 Å². The smallest absolute Gasteiger partial charge is 0.110 e. The van der Waals surface area contributed by atoms with Crippen LogP contribution in [0.25, 0.3) is 0 Å². The van der Waals surface area contributed by atoms with Crippen LogP contribution in [0.4, 0.5) is 0 Å². The van der Waals surface area contributed by atoms with Gasteiger partial charge in [0.15, 0.2) is 0 Å².